The topological polar surface area (TPSA) is 45.5 Å². The normalized spacial score (nSPS) is 21.9. The Morgan fingerprint density at radius 2 is 2.15 bits per heavy atom. The zero-order valence-electron chi connectivity index (χ0n) is 12.2. The molecule has 20 heavy (non-hydrogen) atoms. The van der Waals surface area contributed by atoms with E-state index in [1.54, 1.807) is 6.26 Å². The van der Waals surface area contributed by atoms with E-state index in [4.69, 9.17) is 4.42 Å². The summed E-state index contributed by atoms with van der Waals surface area (Å²) in [6.07, 6.45) is 7.01. The van der Waals surface area contributed by atoms with Gasteiger partial charge in [0.15, 0.2) is 0 Å². The lowest BCUT2D eigenvalue weighted by atomic mass is 10.0. The molecule has 0 aromatic carbocycles. The van der Waals surface area contributed by atoms with Gasteiger partial charge in [0, 0.05) is 37.5 Å². The van der Waals surface area contributed by atoms with Crippen LogP contribution in [-0.4, -0.2) is 36.0 Å². The quantitative estimate of drug-likeness (QED) is 0.897. The molecule has 1 saturated heterocycles. The molecular formula is C16H24N2O2. The predicted octanol–water partition coefficient (Wildman–Crippen LogP) is 2.20. The van der Waals surface area contributed by atoms with Gasteiger partial charge in [-0.3, -0.25) is 4.79 Å². The first kappa shape index (κ1) is 13.7. The third-order valence-corrected chi connectivity index (χ3v) is 4.34. The van der Waals surface area contributed by atoms with Crippen LogP contribution in [0.25, 0.3) is 0 Å². The Kier molecular flexibility index (Phi) is 4.10. The van der Waals surface area contributed by atoms with Gasteiger partial charge < -0.3 is 14.6 Å². The van der Waals surface area contributed by atoms with E-state index >= 15 is 0 Å². The van der Waals surface area contributed by atoms with Crippen molar-refractivity contribution in [3.63, 3.8) is 0 Å². The van der Waals surface area contributed by atoms with Crippen molar-refractivity contribution in [3.8, 4) is 0 Å². The van der Waals surface area contributed by atoms with Gasteiger partial charge in [0.05, 0.1) is 6.26 Å². The van der Waals surface area contributed by atoms with E-state index in [-0.39, 0.29) is 0 Å². The Labute approximate surface area is 120 Å². The summed E-state index contributed by atoms with van der Waals surface area (Å²) in [5.74, 6) is 1.79. The average Bonchev–Trinajstić information content (AvgIpc) is 3.18. The van der Waals surface area contributed by atoms with Crippen molar-refractivity contribution in [1.29, 1.82) is 0 Å². The summed E-state index contributed by atoms with van der Waals surface area (Å²) in [5.41, 5.74) is 0. The summed E-state index contributed by atoms with van der Waals surface area (Å²) in [7, 11) is 0. The number of likely N-dealkylation sites (tertiary alicyclic amines) is 1. The maximum absolute atomic E-state index is 12.0. The SMILES string of the molecule is CC(Cc1ccco1)NC1CCN(C(=O)C2CC2)CC1. The van der Waals surface area contributed by atoms with Gasteiger partial charge in [-0.25, -0.2) is 0 Å². The van der Waals surface area contributed by atoms with Crippen molar-refractivity contribution in [2.75, 3.05) is 13.1 Å². The first-order valence-corrected chi connectivity index (χ1v) is 7.79. The molecule has 1 amide bonds. The lowest BCUT2D eigenvalue weighted by Gasteiger charge is -2.34. The molecule has 1 aliphatic heterocycles. The van der Waals surface area contributed by atoms with Gasteiger partial charge in [-0.2, -0.15) is 0 Å². The largest absolute Gasteiger partial charge is 0.469 e. The zero-order valence-corrected chi connectivity index (χ0v) is 12.2. The van der Waals surface area contributed by atoms with E-state index in [1.165, 1.54) is 0 Å². The van der Waals surface area contributed by atoms with Crippen molar-refractivity contribution in [2.24, 2.45) is 5.92 Å². The van der Waals surface area contributed by atoms with E-state index in [0.717, 1.165) is 51.0 Å². The molecule has 1 atom stereocenters. The summed E-state index contributed by atoms with van der Waals surface area (Å²) in [5, 5.41) is 3.66. The molecule has 3 rings (SSSR count). The number of amides is 1. The highest BCUT2D eigenvalue weighted by Gasteiger charge is 2.34. The molecule has 4 heteroatoms. The molecule has 1 saturated carbocycles. The highest BCUT2D eigenvalue weighted by atomic mass is 16.3. The van der Waals surface area contributed by atoms with Gasteiger partial charge in [0.1, 0.15) is 5.76 Å². The molecule has 2 fully saturated rings. The molecule has 2 aliphatic rings. The number of carbonyl (C=O) groups excluding carboxylic acids is 1. The summed E-state index contributed by atoms with van der Waals surface area (Å²) in [4.78, 5) is 14.1. The molecule has 1 aromatic heterocycles. The van der Waals surface area contributed by atoms with Gasteiger partial charge in [0.25, 0.3) is 0 Å². The van der Waals surface area contributed by atoms with E-state index < -0.39 is 0 Å². The Morgan fingerprint density at radius 3 is 2.75 bits per heavy atom. The molecule has 1 aliphatic carbocycles. The molecule has 0 bridgehead atoms. The summed E-state index contributed by atoms with van der Waals surface area (Å²) < 4.78 is 5.38. The number of hydrogen-bond acceptors (Lipinski definition) is 3. The standard InChI is InChI=1S/C16H24N2O2/c1-12(11-15-3-2-10-20-15)17-14-6-8-18(9-7-14)16(19)13-4-5-13/h2-3,10,12-14,17H,4-9,11H2,1H3. The van der Waals surface area contributed by atoms with Gasteiger partial charge in [-0.15, -0.1) is 0 Å². The van der Waals surface area contributed by atoms with Crippen molar-refractivity contribution in [3.05, 3.63) is 24.2 Å². The smallest absolute Gasteiger partial charge is 0.225 e. The number of rotatable bonds is 5. The van der Waals surface area contributed by atoms with Crippen LogP contribution < -0.4 is 5.32 Å². The Bertz CT molecular complexity index is 431. The molecule has 0 spiro atoms. The number of nitrogens with zero attached hydrogens (tertiary/aromatic N) is 1. The maximum atomic E-state index is 12.0. The van der Waals surface area contributed by atoms with Crippen LogP contribution in [0.3, 0.4) is 0 Å². The third-order valence-electron chi connectivity index (χ3n) is 4.34. The van der Waals surface area contributed by atoms with Crippen molar-refractivity contribution >= 4 is 5.91 Å². The molecule has 1 unspecified atom stereocenters. The average molecular weight is 276 g/mol. The second-order valence-electron chi connectivity index (χ2n) is 6.23. The summed E-state index contributed by atoms with van der Waals surface area (Å²) in [6, 6.07) is 4.90. The van der Waals surface area contributed by atoms with E-state index in [0.29, 0.717) is 23.9 Å². The highest BCUT2D eigenvalue weighted by molar-refractivity contribution is 5.81. The van der Waals surface area contributed by atoms with Gasteiger partial charge in [-0.05, 0) is 44.7 Å². The van der Waals surface area contributed by atoms with Crippen LogP contribution in [0.15, 0.2) is 22.8 Å². The number of hydrogen-bond donors (Lipinski definition) is 1. The molecule has 2 heterocycles. The minimum Gasteiger partial charge on any atom is -0.469 e. The van der Waals surface area contributed by atoms with Gasteiger partial charge in [0.2, 0.25) is 5.91 Å². The fourth-order valence-electron chi connectivity index (χ4n) is 3.05. The van der Waals surface area contributed by atoms with Crippen molar-refractivity contribution in [2.45, 2.75) is 51.1 Å². The number of piperidine rings is 1. The van der Waals surface area contributed by atoms with Gasteiger partial charge >= 0.3 is 0 Å². The molecular weight excluding hydrogens is 252 g/mol. The molecule has 1 N–H and O–H groups in total. The second kappa shape index (κ2) is 6.00. The first-order chi connectivity index (χ1) is 9.72. The highest BCUT2D eigenvalue weighted by Crippen LogP contribution is 2.31. The van der Waals surface area contributed by atoms with E-state index in [9.17, 15) is 4.79 Å². The van der Waals surface area contributed by atoms with Crippen molar-refractivity contribution in [1.82, 2.24) is 10.2 Å². The molecule has 4 nitrogen and oxygen atoms in total. The number of carbonyl (C=O) groups is 1. The fourth-order valence-corrected chi connectivity index (χ4v) is 3.05. The number of nitrogens with one attached hydrogen (secondary N) is 1. The lowest BCUT2D eigenvalue weighted by molar-refractivity contribution is -0.133. The first-order valence-electron chi connectivity index (χ1n) is 7.79. The van der Waals surface area contributed by atoms with Gasteiger partial charge in [-0.1, -0.05) is 0 Å². The fraction of sp³-hybridized carbons (Fsp3) is 0.688. The van der Waals surface area contributed by atoms with E-state index in [1.807, 2.05) is 12.1 Å². The van der Waals surface area contributed by atoms with Crippen LogP contribution in [0, 0.1) is 5.92 Å². The van der Waals surface area contributed by atoms with Crippen LogP contribution >= 0.6 is 0 Å². The van der Waals surface area contributed by atoms with E-state index in [2.05, 4.69) is 17.1 Å². The van der Waals surface area contributed by atoms with Crippen LogP contribution in [0.4, 0.5) is 0 Å². The maximum Gasteiger partial charge on any atom is 0.225 e. The Hall–Kier alpha value is -1.29. The van der Waals surface area contributed by atoms with Crippen LogP contribution in [0.5, 0.6) is 0 Å². The molecule has 1 aromatic rings. The zero-order chi connectivity index (χ0) is 13.9. The lowest BCUT2D eigenvalue weighted by Crippen LogP contribution is -2.47. The minimum absolute atomic E-state index is 0.359. The number of furan rings is 1. The summed E-state index contributed by atoms with van der Waals surface area (Å²) in [6.45, 7) is 4.03. The molecule has 110 valence electrons. The third kappa shape index (κ3) is 3.42. The predicted molar refractivity (Wildman–Crippen MR) is 77.3 cm³/mol. The summed E-state index contributed by atoms with van der Waals surface area (Å²) >= 11 is 0. The van der Waals surface area contributed by atoms with Crippen molar-refractivity contribution < 1.29 is 9.21 Å². The minimum atomic E-state index is 0.359. The second-order valence-corrected chi connectivity index (χ2v) is 6.23. The van der Waals surface area contributed by atoms with Crippen LogP contribution in [0.2, 0.25) is 0 Å². The Morgan fingerprint density at radius 1 is 1.40 bits per heavy atom. The van der Waals surface area contributed by atoms with Crippen LogP contribution in [-0.2, 0) is 11.2 Å². The monoisotopic (exact) mass is 276 g/mol. The van der Waals surface area contributed by atoms with Crippen LogP contribution in [0.1, 0.15) is 38.4 Å². The Balaban J connectivity index is 1.40. The molecule has 0 radical (unpaired) electrons.